The summed E-state index contributed by atoms with van der Waals surface area (Å²) in [6.07, 6.45) is 1.38. The van der Waals surface area contributed by atoms with Gasteiger partial charge in [-0.3, -0.25) is 9.59 Å². The van der Waals surface area contributed by atoms with Gasteiger partial charge in [-0.25, -0.2) is 9.97 Å². The lowest BCUT2D eigenvalue weighted by atomic mass is 9.72. The maximum absolute atomic E-state index is 14.0. The van der Waals surface area contributed by atoms with E-state index in [-0.39, 0.29) is 42.5 Å². The third kappa shape index (κ3) is 4.68. The van der Waals surface area contributed by atoms with E-state index in [0.29, 0.717) is 29.3 Å². The first-order chi connectivity index (χ1) is 21.5. The number of benzene rings is 2. The fourth-order valence-corrected chi connectivity index (χ4v) is 6.67. The lowest BCUT2D eigenvalue weighted by molar-refractivity contribution is -0.130. The Labute approximate surface area is 260 Å². The van der Waals surface area contributed by atoms with Crippen molar-refractivity contribution in [2.75, 3.05) is 5.32 Å². The van der Waals surface area contributed by atoms with Crippen molar-refractivity contribution in [2.45, 2.75) is 77.8 Å². The Kier molecular flexibility index (Phi) is 6.77. The number of oxazole rings is 2. The molecule has 3 aliphatic heterocycles. The van der Waals surface area contributed by atoms with Gasteiger partial charge >= 0.3 is 0 Å². The van der Waals surface area contributed by atoms with Gasteiger partial charge in [-0.2, -0.15) is 0 Å². The Balaban J connectivity index is 1.50. The zero-order valence-corrected chi connectivity index (χ0v) is 25.9. The average molecular weight is 612 g/mol. The first-order valence-corrected chi connectivity index (χ1v) is 15.3. The maximum Gasteiger partial charge on any atom is 0.249 e. The standard InChI is InChI=1S/C34H37N5O6/c1-17(2)12-25(41)36-23-14-18-10-11-24-21(13-18)34(20-8-6-7-9-22(20)37-32(34)44-24)28-26(30-35-19(15-40)16-43-30)38-31(45-28)27(33(3,4)5)39-29(23)42/h6-11,13,16-17,23,27,32,37,40H,12,14-15H2,1-5H3,(H,36,41)(H,39,42). The van der Waals surface area contributed by atoms with Crippen LogP contribution < -0.4 is 20.7 Å². The number of anilines is 1. The molecule has 7 rings (SSSR count). The van der Waals surface area contributed by atoms with Crippen molar-refractivity contribution in [3.63, 3.8) is 0 Å². The number of nitrogens with one attached hydrogen (secondary N) is 3. The van der Waals surface area contributed by atoms with Crippen LogP contribution in [-0.4, -0.2) is 39.2 Å². The predicted octanol–water partition coefficient (Wildman–Crippen LogP) is 4.59. The quantitative estimate of drug-likeness (QED) is 0.254. The van der Waals surface area contributed by atoms with Gasteiger partial charge in [0.25, 0.3) is 0 Å². The van der Waals surface area contributed by atoms with E-state index >= 15 is 0 Å². The Hall–Kier alpha value is -4.64. The van der Waals surface area contributed by atoms with E-state index in [0.717, 1.165) is 22.4 Å². The van der Waals surface area contributed by atoms with Gasteiger partial charge in [0.2, 0.25) is 23.6 Å². The average Bonchev–Trinajstić information content (AvgIpc) is 3.74. The Morgan fingerprint density at radius 2 is 1.93 bits per heavy atom. The van der Waals surface area contributed by atoms with Crippen LogP contribution in [-0.2, 0) is 28.0 Å². The van der Waals surface area contributed by atoms with Crippen molar-refractivity contribution >= 4 is 17.5 Å². The van der Waals surface area contributed by atoms with Crippen LogP contribution >= 0.6 is 0 Å². The maximum atomic E-state index is 14.0. The van der Waals surface area contributed by atoms with E-state index in [9.17, 15) is 14.7 Å². The molecule has 2 aromatic carbocycles. The zero-order chi connectivity index (χ0) is 31.7. The van der Waals surface area contributed by atoms with E-state index in [2.05, 4.69) is 20.9 Å². The number of carbonyl (C=O) groups excluding carboxylic acids is 2. The molecular weight excluding hydrogens is 574 g/mol. The first kappa shape index (κ1) is 29.1. The van der Waals surface area contributed by atoms with E-state index < -0.39 is 29.1 Å². The highest BCUT2D eigenvalue weighted by molar-refractivity contribution is 5.88. The molecule has 0 saturated carbocycles. The molecule has 4 aromatic rings. The zero-order valence-electron chi connectivity index (χ0n) is 25.9. The van der Waals surface area contributed by atoms with Crippen LogP contribution in [0.2, 0.25) is 0 Å². The van der Waals surface area contributed by atoms with E-state index in [1.54, 1.807) is 0 Å². The van der Waals surface area contributed by atoms with Crippen molar-refractivity contribution in [2.24, 2.45) is 11.3 Å². The number of nitrogens with zero attached hydrogens (tertiary/aromatic N) is 2. The number of rotatable bonds is 5. The molecular formula is C34H37N5O6. The second kappa shape index (κ2) is 10.5. The molecule has 3 aliphatic rings. The van der Waals surface area contributed by atoms with Crippen LogP contribution in [0.1, 0.15) is 81.1 Å². The molecule has 1 spiro atoms. The van der Waals surface area contributed by atoms with E-state index in [1.165, 1.54) is 6.26 Å². The minimum Gasteiger partial charge on any atom is -0.469 e. The number of aliphatic hydroxyl groups excluding tert-OH is 1. The predicted molar refractivity (Wildman–Crippen MR) is 164 cm³/mol. The summed E-state index contributed by atoms with van der Waals surface area (Å²) in [5.74, 6) is 1.16. The molecule has 0 aliphatic carbocycles. The topological polar surface area (TPSA) is 152 Å². The van der Waals surface area contributed by atoms with Gasteiger partial charge in [-0.05, 0) is 34.6 Å². The van der Waals surface area contributed by atoms with Crippen molar-refractivity contribution in [3.05, 3.63) is 82.8 Å². The van der Waals surface area contributed by atoms with Crippen molar-refractivity contribution < 1.29 is 28.3 Å². The highest BCUT2D eigenvalue weighted by atomic mass is 16.5. The number of carbonyl (C=O) groups is 2. The second-order valence-electron chi connectivity index (χ2n) is 13.6. The van der Waals surface area contributed by atoms with Crippen molar-refractivity contribution in [3.8, 4) is 17.3 Å². The molecule has 0 radical (unpaired) electrons. The van der Waals surface area contributed by atoms with Crippen LogP contribution in [0.5, 0.6) is 5.75 Å². The number of aromatic nitrogens is 2. The highest BCUT2D eigenvalue weighted by Gasteiger charge is 2.61. The summed E-state index contributed by atoms with van der Waals surface area (Å²) in [6, 6.07) is 12.3. The van der Waals surface area contributed by atoms with Crippen molar-refractivity contribution in [1.29, 1.82) is 0 Å². The van der Waals surface area contributed by atoms with Gasteiger partial charge in [0, 0.05) is 24.1 Å². The molecule has 4 N–H and O–H groups in total. The highest BCUT2D eigenvalue weighted by Crippen LogP contribution is 2.59. The number of fused-ring (bicyclic) bond motifs is 4. The van der Waals surface area contributed by atoms with Crippen LogP contribution in [0, 0.1) is 11.3 Å². The Bertz CT molecular complexity index is 1800. The summed E-state index contributed by atoms with van der Waals surface area (Å²) >= 11 is 0. The lowest BCUT2D eigenvalue weighted by Crippen LogP contribution is -2.50. The number of ether oxygens (including phenoxy) is 1. The van der Waals surface area contributed by atoms with Crippen LogP contribution in [0.25, 0.3) is 11.6 Å². The summed E-state index contributed by atoms with van der Waals surface area (Å²) < 4.78 is 19.3. The molecule has 0 saturated heterocycles. The summed E-state index contributed by atoms with van der Waals surface area (Å²) in [7, 11) is 0. The molecule has 4 unspecified atom stereocenters. The summed E-state index contributed by atoms with van der Waals surface area (Å²) in [6.45, 7) is 9.59. The fraction of sp³-hybridized carbons (Fsp3) is 0.412. The van der Waals surface area contributed by atoms with Crippen LogP contribution in [0.15, 0.2) is 57.6 Å². The lowest BCUT2D eigenvalue weighted by Gasteiger charge is -2.32. The third-order valence-corrected chi connectivity index (χ3v) is 8.75. The number of hydrogen-bond acceptors (Lipinski definition) is 9. The number of hydrogen-bond donors (Lipinski definition) is 4. The van der Waals surface area contributed by atoms with Gasteiger partial charge in [0.05, 0.1) is 6.61 Å². The summed E-state index contributed by atoms with van der Waals surface area (Å²) in [5.41, 5.74) is 2.64. The molecule has 11 nitrogen and oxygen atoms in total. The Morgan fingerprint density at radius 1 is 1.13 bits per heavy atom. The molecule has 45 heavy (non-hydrogen) atoms. The molecule has 2 aromatic heterocycles. The van der Waals surface area contributed by atoms with Crippen LogP contribution in [0.4, 0.5) is 5.69 Å². The van der Waals surface area contributed by atoms with Gasteiger partial charge in [0.15, 0.2) is 17.7 Å². The molecule has 2 amide bonds. The number of para-hydroxylation sites is 1. The normalized spacial score (nSPS) is 23.3. The van der Waals surface area contributed by atoms with Gasteiger partial charge in [-0.1, -0.05) is 65.0 Å². The fourth-order valence-electron chi connectivity index (χ4n) is 6.67. The largest absolute Gasteiger partial charge is 0.469 e. The van der Waals surface area contributed by atoms with Crippen LogP contribution in [0.3, 0.4) is 0 Å². The molecule has 11 heteroatoms. The third-order valence-electron chi connectivity index (χ3n) is 8.75. The molecule has 234 valence electrons. The van der Waals surface area contributed by atoms with Gasteiger partial charge in [-0.15, -0.1) is 0 Å². The van der Waals surface area contributed by atoms with E-state index in [4.69, 9.17) is 18.6 Å². The minimum absolute atomic E-state index is 0.135. The molecule has 4 bridgehead atoms. The van der Waals surface area contributed by atoms with Gasteiger partial charge in [0.1, 0.15) is 35.2 Å². The SMILES string of the molecule is CC(C)CC(=O)NC1Cc2ccc3c(c2)C2(c4ccccc4NC2O3)c2oc(nc2-c2nc(CO)co2)C(C(C)(C)C)NC1=O. The molecule has 0 fully saturated rings. The second-order valence-corrected chi connectivity index (χ2v) is 13.6. The number of aliphatic hydroxyl groups is 1. The minimum atomic E-state index is -1.00. The monoisotopic (exact) mass is 611 g/mol. The van der Waals surface area contributed by atoms with Gasteiger partial charge < -0.3 is 34.6 Å². The van der Waals surface area contributed by atoms with E-state index in [1.807, 2.05) is 77.1 Å². The van der Waals surface area contributed by atoms with Crippen molar-refractivity contribution in [1.82, 2.24) is 20.6 Å². The summed E-state index contributed by atoms with van der Waals surface area (Å²) in [4.78, 5) is 36.5. The molecule has 5 heterocycles. The number of amides is 2. The summed E-state index contributed by atoms with van der Waals surface area (Å²) in [5, 5.41) is 19.5. The first-order valence-electron chi connectivity index (χ1n) is 15.3. The Morgan fingerprint density at radius 3 is 2.67 bits per heavy atom. The smallest absolute Gasteiger partial charge is 0.249 e. The molecule has 4 atom stereocenters.